The quantitative estimate of drug-likeness (QED) is 0.722. The molecule has 0 aliphatic heterocycles. The Balaban J connectivity index is 2.18. The Kier molecular flexibility index (Phi) is 2.35. The molecule has 1 heterocycles. The summed E-state index contributed by atoms with van der Waals surface area (Å²) in [7, 11) is 0. The summed E-state index contributed by atoms with van der Waals surface area (Å²) in [6, 6.07) is 8.39. The molecule has 0 fully saturated rings. The lowest BCUT2D eigenvalue weighted by molar-refractivity contribution is 0.506. The summed E-state index contributed by atoms with van der Waals surface area (Å²) >= 11 is 0. The molecule has 2 rings (SSSR count). The molecule has 72 valence electrons. The highest BCUT2D eigenvalue weighted by molar-refractivity contribution is 5.24. The molecule has 1 aromatic carbocycles. The lowest BCUT2D eigenvalue weighted by atomic mass is 10.1. The highest BCUT2D eigenvalue weighted by Crippen LogP contribution is 2.10. The molecule has 0 spiro atoms. The van der Waals surface area contributed by atoms with Crippen molar-refractivity contribution in [3.63, 3.8) is 0 Å². The van der Waals surface area contributed by atoms with E-state index in [2.05, 4.69) is 36.2 Å². The summed E-state index contributed by atoms with van der Waals surface area (Å²) in [5, 5.41) is 0. The number of hydrogen-bond acceptors (Lipinski definition) is 2. The minimum absolute atomic E-state index is 0.773. The summed E-state index contributed by atoms with van der Waals surface area (Å²) in [6.07, 6.45) is 2.46. The zero-order valence-corrected chi connectivity index (χ0v) is 8.45. The van der Waals surface area contributed by atoms with Gasteiger partial charge in [0.2, 0.25) is 0 Å². The van der Waals surface area contributed by atoms with Crippen LogP contribution in [0.3, 0.4) is 0 Å². The normalized spacial score (nSPS) is 10.4. The molecule has 1 aromatic heterocycles. The summed E-state index contributed by atoms with van der Waals surface area (Å²) in [5.41, 5.74) is 3.45. The van der Waals surface area contributed by atoms with Gasteiger partial charge in [-0.3, -0.25) is 0 Å². The van der Waals surface area contributed by atoms with Crippen LogP contribution in [0.5, 0.6) is 0 Å². The van der Waals surface area contributed by atoms with Crippen molar-refractivity contribution in [2.75, 3.05) is 0 Å². The molecule has 14 heavy (non-hydrogen) atoms. The van der Waals surface area contributed by atoms with Gasteiger partial charge in [0.25, 0.3) is 0 Å². The number of benzene rings is 1. The molecule has 0 unspecified atom stereocenters. The molecule has 2 nitrogen and oxygen atoms in total. The van der Waals surface area contributed by atoms with E-state index >= 15 is 0 Å². The highest BCUT2D eigenvalue weighted by atomic mass is 16.3. The maximum atomic E-state index is 5.30. The van der Waals surface area contributed by atoms with Crippen LogP contribution in [-0.2, 0) is 6.42 Å². The topological polar surface area (TPSA) is 26.0 Å². The van der Waals surface area contributed by atoms with Crippen molar-refractivity contribution in [2.24, 2.45) is 0 Å². The van der Waals surface area contributed by atoms with Crippen molar-refractivity contribution < 1.29 is 4.42 Å². The first-order valence-corrected chi connectivity index (χ1v) is 4.70. The maximum absolute atomic E-state index is 5.30. The molecule has 0 aliphatic rings. The van der Waals surface area contributed by atoms with Gasteiger partial charge in [-0.1, -0.05) is 29.8 Å². The Morgan fingerprint density at radius 2 is 2.14 bits per heavy atom. The van der Waals surface area contributed by atoms with E-state index in [4.69, 9.17) is 4.42 Å². The summed E-state index contributed by atoms with van der Waals surface area (Å²) < 4.78 is 5.30. The van der Waals surface area contributed by atoms with Crippen molar-refractivity contribution in [3.8, 4) is 0 Å². The maximum Gasteiger partial charge on any atom is 0.198 e. The fraction of sp³-hybridized carbons (Fsp3) is 0.250. The van der Waals surface area contributed by atoms with Crippen LogP contribution in [0.25, 0.3) is 0 Å². The number of rotatable bonds is 2. The summed E-state index contributed by atoms with van der Waals surface area (Å²) in [5.74, 6) is 0.785. The Morgan fingerprint density at radius 1 is 1.29 bits per heavy atom. The molecule has 0 bridgehead atoms. The second kappa shape index (κ2) is 3.66. The number of nitrogens with zero attached hydrogens (tertiary/aromatic N) is 1. The average molecular weight is 187 g/mol. The van der Waals surface area contributed by atoms with Crippen LogP contribution in [0, 0.1) is 13.8 Å². The fourth-order valence-corrected chi connectivity index (χ4v) is 1.48. The van der Waals surface area contributed by atoms with E-state index in [1.54, 1.807) is 6.26 Å². The van der Waals surface area contributed by atoms with Gasteiger partial charge < -0.3 is 4.42 Å². The molecule has 2 aromatic rings. The van der Waals surface area contributed by atoms with Crippen LogP contribution in [0.1, 0.15) is 22.7 Å². The Labute approximate surface area is 83.6 Å². The lowest BCUT2D eigenvalue weighted by Crippen LogP contribution is -1.88. The van der Waals surface area contributed by atoms with Gasteiger partial charge in [-0.05, 0) is 19.4 Å². The molecule has 0 atom stereocenters. The summed E-state index contributed by atoms with van der Waals surface area (Å²) in [6.45, 7) is 4.02. The molecule has 2 heteroatoms. The molecule has 0 N–H and O–H groups in total. The third-order valence-corrected chi connectivity index (χ3v) is 2.10. The third-order valence-electron chi connectivity index (χ3n) is 2.10. The predicted octanol–water partition coefficient (Wildman–Crippen LogP) is 2.88. The zero-order chi connectivity index (χ0) is 9.97. The van der Waals surface area contributed by atoms with E-state index in [-0.39, 0.29) is 0 Å². The van der Waals surface area contributed by atoms with Crippen LogP contribution in [-0.4, -0.2) is 4.98 Å². The third kappa shape index (κ3) is 2.02. The van der Waals surface area contributed by atoms with Gasteiger partial charge >= 0.3 is 0 Å². The van der Waals surface area contributed by atoms with E-state index in [9.17, 15) is 0 Å². The van der Waals surface area contributed by atoms with E-state index in [1.807, 2.05) is 6.92 Å². The molecule has 0 saturated heterocycles. The predicted molar refractivity (Wildman–Crippen MR) is 55.2 cm³/mol. The monoisotopic (exact) mass is 187 g/mol. The van der Waals surface area contributed by atoms with Gasteiger partial charge in [-0.2, -0.15) is 0 Å². The highest BCUT2D eigenvalue weighted by Gasteiger charge is 2.01. The van der Waals surface area contributed by atoms with E-state index in [0.29, 0.717) is 0 Å². The Morgan fingerprint density at radius 3 is 2.79 bits per heavy atom. The second-order valence-corrected chi connectivity index (χ2v) is 3.55. The van der Waals surface area contributed by atoms with Crippen molar-refractivity contribution in [1.82, 2.24) is 4.98 Å². The smallest absolute Gasteiger partial charge is 0.198 e. The minimum atomic E-state index is 0.773. The molecule has 0 saturated carbocycles. The van der Waals surface area contributed by atoms with Crippen molar-refractivity contribution in [3.05, 3.63) is 53.2 Å². The van der Waals surface area contributed by atoms with Gasteiger partial charge in [0.15, 0.2) is 5.89 Å². The van der Waals surface area contributed by atoms with Crippen LogP contribution >= 0.6 is 0 Å². The van der Waals surface area contributed by atoms with Crippen molar-refractivity contribution in [2.45, 2.75) is 20.3 Å². The van der Waals surface area contributed by atoms with Gasteiger partial charge in [-0.25, -0.2) is 4.98 Å². The number of hydrogen-bond donors (Lipinski definition) is 0. The second-order valence-electron chi connectivity index (χ2n) is 3.55. The van der Waals surface area contributed by atoms with Crippen molar-refractivity contribution >= 4 is 0 Å². The standard InChI is InChI=1S/C12H13NO/c1-9-4-3-5-11(6-9)7-12-13-10(2)8-14-12/h3-6,8H,7H2,1-2H3. The van der Waals surface area contributed by atoms with E-state index < -0.39 is 0 Å². The molecular formula is C12H13NO. The molecule has 0 amide bonds. The Hall–Kier alpha value is -1.57. The molecular weight excluding hydrogens is 174 g/mol. The fourth-order valence-electron chi connectivity index (χ4n) is 1.48. The van der Waals surface area contributed by atoms with Crippen LogP contribution in [0.2, 0.25) is 0 Å². The first-order valence-electron chi connectivity index (χ1n) is 4.70. The minimum Gasteiger partial charge on any atom is -0.448 e. The van der Waals surface area contributed by atoms with Gasteiger partial charge in [-0.15, -0.1) is 0 Å². The van der Waals surface area contributed by atoms with E-state index in [1.165, 1.54) is 11.1 Å². The number of oxazole rings is 1. The Bertz CT molecular complexity index is 431. The first-order chi connectivity index (χ1) is 6.74. The molecule has 0 radical (unpaired) electrons. The van der Waals surface area contributed by atoms with Gasteiger partial charge in [0.05, 0.1) is 5.69 Å². The van der Waals surface area contributed by atoms with Crippen LogP contribution < -0.4 is 0 Å². The van der Waals surface area contributed by atoms with Crippen molar-refractivity contribution in [1.29, 1.82) is 0 Å². The van der Waals surface area contributed by atoms with Gasteiger partial charge in [0, 0.05) is 6.42 Å². The average Bonchev–Trinajstić information content (AvgIpc) is 2.51. The van der Waals surface area contributed by atoms with Crippen LogP contribution in [0.15, 0.2) is 34.9 Å². The summed E-state index contributed by atoms with van der Waals surface area (Å²) in [4.78, 5) is 4.27. The van der Waals surface area contributed by atoms with E-state index in [0.717, 1.165) is 18.0 Å². The number of aromatic nitrogens is 1. The largest absolute Gasteiger partial charge is 0.448 e. The zero-order valence-electron chi connectivity index (χ0n) is 8.45. The number of aryl methyl sites for hydroxylation is 2. The van der Waals surface area contributed by atoms with Gasteiger partial charge in [0.1, 0.15) is 6.26 Å². The SMILES string of the molecule is Cc1cccc(Cc2nc(C)co2)c1. The van der Waals surface area contributed by atoms with Crippen LogP contribution in [0.4, 0.5) is 0 Å². The first kappa shape index (κ1) is 9.00. The lowest BCUT2D eigenvalue weighted by Gasteiger charge is -1.98. The molecule has 0 aliphatic carbocycles.